The molecule has 3 atom stereocenters. The van der Waals surface area contributed by atoms with Crippen LogP contribution < -0.4 is 10.6 Å². The first-order chi connectivity index (χ1) is 35.2. The lowest BCUT2D eigenvalue weighted by atomic mass is 9.61. The first kappa shape index (κ1) is 47.5. The average molecular weight is 933 g/mol. The van der Waals surface area contributed by atoms with Gasteiger partial charge in [-0.05, 0) is 158 Å². The number of fused-ring (bicyclic) bond motifs is 4. The van der Waals surface area contributed by atoms with Crippen LogP contribution >= 0.6 is 0 Å². The van der Waals surface area contributed by atoms with Gasteiger partial charge < -0.3 is 10.6 Å². The molecule has 9 aromatic rings. The second kappa shape index (κ2) is 20.6. The molecule has 0 fully saturated rings. The monoisotopic (exact) mass is 933 g/mol. The summed E-state index contributed by atoms with van der Waals surface area (Å²) < 4.78 is 0. The van der Waals surface area contributed by atoms with Crippen LogP contribution in [-0.4, -0.2) is 0 Å². The second-order valence-corrected chi connectivity index (χ2v) is 20.0. The van der Waals surface area contributed by atoms with Gasteiger partial charge >= 0.3 is 0 Å². The normalized spacial score (nSPS) is 16.8. The van der Waals surface area contributed by atoms with Crippen LogP contribution in [0.2, 0.25) is 0 Å². The van der Waals surface area contributed by atoms with Crippen molar-refractivity contribution in [3.05, 3.63) is 282 Å². The minimum atomic E-state index is -0.269. The standard InChI is InChI=1S/C49H45N.C21H19N/c1-5-35-22-24-36(25-23-35)37-26-31-47(46(32-37)48(3,4)38-14-8-6-9-15-38)50-41-29-30-43-42-18-12-13-19-44(42)49(45(43)33-41,39-16-10-7-11-17-39)40-27-20-34(2)21-28-40;1-3-7-17-10-12-20(14-16(17)4-2)22-21-13-11-18-8-5-6-9-19(18)15-21/h5-20,22-27,29-34,40,50H,1,21,28H2,2-4H3;3-15,22H,2H2,1H3/b;7-3-. The Bertz CT molecular complexity index is 3450. The van der Waals surface area contributed by atoms with Crippen LogP contribution in [0, 0.1) is 11.8 Å². The Morgan fingerprint density at radius 1 is 0.528 bits per heavy atom. The zero-order valence-corrected chi connectivity index (χ0v) is 42.1. The van der Waals surface area contributed by atoms with Gasteiger partial charge in [0.25, 0.3) is 0 Å². The van der Waals surface area contributed by atoms with Gasteiger partial charge in [0, 0.05) is 28.2 Å². The first-order valence-corrected chi connectivity index (χ1v) is 25.5. The number of rotatable bonds is 12. The lowest BCUT2D eigenvalue weighted by Gasteiger charge is -2.41. The van der Waals surface area contributed by atoms with Crippen LogP contribution in [0.3, 0.4) is 0 Å². The first-order valence-electron chi connectivity index (χ1n) is 25.5. The Hall–Kier alpha value is -8.20. The fraction of sp³-hybridized carbons (Fsp3) is 0.143. The average Bonchev–Trinajstić information content (AvgIpc) is 3.72. The topological polar surface area (TPSA) is 24.1 Å². The van der Waals surface area contributed by atoms with Gasteiger partial charge in [0.1, 0.15) is 0 Å². The quantitative estimate of drug-likeness (QED) is 0.119. The van der Waals surface area contributed by atoms with Gasteiger partial charge in [0.05, 0.1) is 5.41 Å². The van der Waals surface area contributed by atoms with Crippen molar-refractivity contribution in [2.24, 2.45) is 11.8 Å². The molecule has 0 amide bonds. The Balaban J connectivity index is 0.000000226. The van der Waals surface area contributed by atoms with E-state index in [9.17, 15) is 0 Å². The van der Waals surface area contributed by atoms with Crippen molar-refractivity contribution in [3.63, 3.8) is 0 Å². The molecule has 2 nitrogen and oxygen atoms in total. The summed E-state index contributed by atoms with van der Waals surface area (Å²) in [5.74, 6) is 0.968. The molecular formula is C70H64N2. The van der Waals surface area contributed by atoms with E-state index in [1.807, 2.05) is 25.2 Å². The SMILES string of the molecule is C=Cc1cc(Nc2ccc3ccccc3c2)ccc1/C=C\C.C=Cc1ccc(-c2ccc(Nc3ccc4c(c3)C(c3ccccc3)(C3C=CC(C)CC3)c3ccccc3-4)c(C(C)(C)c3ccccc3)c2)cc1. The van der Waals surface area contributed by atoms with Crippen molar-refractivity contribution in [2.75, 3.05) is 10.6 Å². The van der Waals surface area contributed by atoms with Crippen LogP contribution in [0.25, 0.3) is 51.3 Å². The molecule has 0 saturated carbocycles. The van der Waals surface area contributed by atoms with E-state index in [1.165, 1.54) is 72.8 Å². The van der Waals surface area contributed by atoms with Crippen LogP contribution in [0.4, 0.5) is 22.7 Å². The minimum absolute atomic E-state index is 0.245. The highest BCUT2D eigenvalue weighted by molar-refractivity contribution is 5.88. The van der Waals surface area contributed by atoms with Gasteiger partial charge in [0.15, 0.2) is 0 Å². The molecule has 0 bridgehead atoms. The zero-order valence-electron chi connectivity index (χ0n) is 42.1. The third kappa shape index (κ3) is 9.29. The van der Waals surface area contributed by atoms with Gasteiger partial charge in [-0.15, -0.1) is 0 Å². The molecule has 11 rings (SSSR count). The number of allylic oxidation sites excluding steroid dienone is 3. The maximum absolute atomic E-state index is 3.97. The van der Waals surface area contributed by atoms with Crippen molar-refractivity contribution in [1.82, 2.24) is 0 Å². The summed E-state index contributed by atoms with van der Waals surface area (Å²) >= 11 is 0. The molecule has 0 spiro atoms. The van der Waals surface area contributed by atoms with Gasteiger partial charge in [-0.2, -0.15) is 0 Å². The summed E-state index contributed by atoms with van der Waals surface area (Å²) in [6, 6.07) is 75.0. The number of nitrogens with one attached hydrogen (secondary N) is 2. The minimum Gasteiger partial charge on any atom is -0.355 e. The molecule has 354 valence electrons. The molecule has 72 heavy (non-hydrogen) atoms. The van der Waals surface area contributed by atoms with E-state index < -0.39 is 0 Å². The lowest BCUT2D eigenvalue weighted by Crippen LogP contribution is -2.36. The molecule has 9 aromatic carbocycles. The molecule has 0 aromatic heterocycles. The van der Waals surface area contributed by atoms with Gasteiger partial charge in [0.2, 0.25) is 0 Å². The number of benzene rings is 9. The zero-order chi connectivity index (χ0) is 49.7. The van der Waals surface area contributed by atoms with E-state index in [2.05, 4.69) is 269 Å². The van der Waals surface area contributed by atoms with Crippen molar-refractivity contribution in [3.8, 4) is 22.3 Å². The van der Waals surface area contributed by atoms with E-state index in [1.54, 1.807) is 0 Å². The van der Waals surface area contributed by atoms with E-state index >= 15 is 0 Å². The fourth-order valence-corrected chi connectivity index (χ4v) is 11.3. The Labute approximate surface area is 427 Å². The maximum Gasteiger partial charge on any atom is 0.0526 e. The predicted octanol–water partition coefficient (Wildman–Crippen LogP) is 19.2. The Morgan fingerprint density at radius 2 is 1.18 bits per heavy atom. The van der Waals surface area contributed by atoms with E-state index in [0.717, 1.165) is 40.3 Å². The van der Waals surface area contributed by atoms with E-state index in [-0.39, 0.29) is 10.8 Å². The highest BCUT2D eigenvalue weighted by Crippen LogP contribution is 2.59. The molecule has 0 saturated heterocycles. The van der Waals surface area contributed by atoms with Gasteiger partial charge in [-0.1, -0.05) is 228 Å². The molecule has 2 aliphatic rings. The second-order valence-electron chi connectivity index (χ2n) is 20.0. The molecule has 3 unspecified atom stereocenters. The largest absolute Gasteiger partial charge is 0.355 e. The number of hydrogen-bond acceptors (Lipinski definition) is 2. The molecule has 2 heteroatoms. The number of anilines is 4. The van der Waals surface area contributed by atoms with Crippen LogP contribution in [0.5, 0.6) is 0 Å². The third-order valence-electron chi connectivity index (χ3n) is 15.1. The van der Waals surface area contributed by atoms with Gasteiger partial charge in [-0.3, -0.25) is 0 Å². The molecule has 0 radical (unpaired) electrons. The molecule has 0 heterocycles. The molecule has 2 aliphatic carbocycles. The summed E-state index contributed by atoms with van der Waals surface area (Å²) in [7, 11) is 0. The fourth-order valence-electron chi connectivity index (χ4n) is 11.3. The summed E-state index contributed by atoms with van der Waals surface area (Å²) in [6.45, 7) is 16.9. The highest BCUT2D eigenvalue weighted by Gasteiger charge is 2.49. The van der Waals surface area contributed by atoms with Gasteiger partial charge in [-0.25, -0.2) is 0 Å². The lowest BCUT2D eigenvalue weighted by molar-refractivity contribution is 0.377. The number of hydrogen-bond donors (Lipinski definition) is 2. The Kier molecular flexibility index (Phi) is 13.6. The summed E-state index contributed by atoms with van der Waals surface area (Å²) in [5, 5.41) is 9.93. The van der Waals surface area contributed by atoms with Crippen LogP contribution in [-0.2, 0) is 10.8 Å². The van der Waals surface area contributed by atoms with Crippen LogP contribution in [0.15, 0.2) is 238 Å². The summed E-state index contributed by atoms with van der Waals surface area (Å²) in [4.78, 5) is 0. The third-order valence-corrected chi connectivity index (χ3v) is 15.1. The Morgan fingerprint density at radius 3 is 1.92 bits per heavy atom. The van der Waals surface area contributed by atoms with Crippen molar-refractivity contribution >= 4 is 51.8 Å². The maximum atomic E-state index is 3.97. The van der Waals surface area contributed by atoms with E-state index in [4.69, 9.17) is 0 Å². The summed E-state index contributed by atoms with van der Waals surface area (Å²) in [5.41, 5.74) is 19.1. The smallest absolute Gasteiger partial charge is 0.0526 e. The highest BCUT2D eigenvalue weighted by atomic mass is 14.9. The summed E-state index contributed by atoms with van der Waals surface area (Å²) in [6.07, 6.45) is 15.2. The van der Waals surface area contributed by atoms with Crippen LogP contribution in [0.1, 0.15) is 85.0 Å². The van der Waals surface area contributed by atoms with Crippen molar-refractivity contribution < 1.29 is 0 Å². The molecule has 2 N–H and O–H groups in total. The molecule has 0 aliphatic heterocycles. The van der Waals surface area contributed by atoms with Crippen molar-refractivity contribution in [1.29, 1.82) is 0 Å². The predicted molar refractivity (Wildman–Crippen MR) is 312 cm³/mol. The van der Waals surface area contributed by atoms with E-state index in [0.29, 0.717) is 11.8 Å². The van der Waals surface area contributed by atoms with Crippen molar-refractivity contribution in [2.45, 2.75) is 51.4 Å². The molecular weight excluding hydrogens is 869 g/mol.